The minimum absolute atomic E-state index is 0.461. The maximum absolute atomic E-state index is 5.59. The summed E-state index contributed by atoms with van der Waals surface area (Å²) in [6, 6.07) is 3.93. The van der Waals surface area contributed by atoms with Crippen LogP contribution in [-0.2, 0) is 12.3 Å². The van der Waals surface area contributed by atoms with Crippen LogP contribution in [0.4, 0.5) is 0 Å². The lowest BCUT2D eigenvalue weighted by Crippen LogP contribution is -2.03. The summed E-state index contributed by atoms with van der Waals surface area (Å²) in [4.78, 5) is 8.24. The minimum Gasteiger partial charge on any atom is -0.440 e. The maximum atomic E-state index is 5.59. The van der Waals surface area contributed by atoms with Gasteiger partial charge in [-0.05, 0) is 11.6 Å². The van der Waals surface area contributed by atoms with Gasteiger partial charge in [0.25, 0.3) is 5.22 Å². The SMILES string of the molecule is NCc1ncccc1CSc1ncco1. The first-order chi connectivity index (χ1) is 7.40. The summed E-state index contributed by atoms with van der Waals surface area (Å²) in [5, 5.41) is 0.668. The first-order valence-corrected chi connectivity index (χ1v) is 5.54. The Morgan fingerprint density at radius 3 is 3.00 bits per heavy atom. The van der Waals surface area contributed by atoms with Crippen LogP contribution in [0.3, 0.4) is 0 Å². The molecule has 0 fully saturated rings. The first kappa shape index (κ1) is 10.2. The van der Waals surface area contributed by atoms with E-state index >= 15 is 0 Å². The standard InChI is InChI=1S/C10H11N3OS/c11-6-9-8(2-1-3-12-9)7-15-10-13-4-5-14-10/h1-5H,6-7,11H2. The Kier molecular flexibility index (Phi) is 3.37. The van der Waals surface area contributed by atoms with Gasteiger partial charge in [0.05, 0.1) is 11.9 Å². The molecule has 15 heavy (non-hydrogen) atoms. The molecule has 2 aromatic heterocycles. The predicted octanol–water partition coefficient (Wildman–Crippen LogP) is 1.82. The van der Waals surface area contributed by atoms with Gasteiger partial charge in [-0.25, -0.2) is 4.98 Å². The quantitative estimate of drug-likeness (QED) is 0.798. The van der Waals surface area contributed by atoms with E-state index in [1.165, 1.54) is 11.8 Å². The maximum Gasteiger partial charge on any atom is 0.255 e. The Labute approximate surface area is 91.9 Å². The van der Waals surface area contributed by atoms with Crippen LogP contribution in [0.1, 0.15) is 11.3 Å². The molecule has 2 aromatic rings. The summed E-state index contributed by atoms with van der Waals surface area (Å²) in [5.41, 5.74) is 7.64. The number of nitrogens with zero attached hydrogens (tertiary/aromatic N) is 2. The van der Waals surface area contributed by atoms with Crippen LogP contribution < -0.4 is 5.73 Å². The fourth-order valence-electron chi connectivity index (χ4n) is 1.21. The third kappa shape index (κ3) is 2.57. The molecule has 0 aliphatic rings. The van der Waals surface area contributed by atoms with Gasteiger partial charge < -0.3 is 10.2 Å². The number of pyridine rings is 1. The molecule has 0 aliphatic carbocycles. The van der Waals surface area contributed by atoms with Gasteiger partial charge in [0, 0.05) is 18.5 Å². The van der Waals surface area contributed by atoms with E-state index < -0.39 is 0 Å². The second-order valence-corrected chi connectivity index (χ2v) is 3.83. The van der Waals surface area contributed by atoms with Crippen LogP contribution in [0.2, 0.25) is 0 Å². The van der Waals surface area contributed by atoms with Crippen molar-refractivity contribution in [2.24, 2.45) is 5.73 Å². The van der Waals surface area contributed by atoms with E-state index in [9.17, 15) is 0 Å². The molecule has 0 aliphatic heterocycles. The van der Waals surface area contributed by atoms with E-state index in [2.05, 4.69) is 9.97 Å². The Morgan fingerprint density at radius 1 is 1.33 bits per heavy atom. The molecule has 0 aromatic carbocycles. The lowest BCUT2D eigenvalue weighted by Gasteiger charge is -2.03. The molecule has 0 saturated carbocycles. The van der Waals surface area contributed by atoms with Gasteiger partial charge in [0.15, 0.2) is 0 Å². The van der Waals surface area contributed by atoms with Crippen molar-refractivity contribution in [2.75, 3.05) is 0 Å². The molecule has 2 heterocycles. The molecule has 5 heteroatoms. The molecular weight excluding hydrogens is 210 g/mol. The van der Waals surface area contributed by atoms with Crippen molar-refractivity contribution in [3.8, 4) is 0 Å². The summed E-state index contributed by atoms with van der Waals surface area (Å²) >= 11 is 1.54. The van der Waals surface area contributed by atoms with Gasteiger partial charge in [-0.15, -0.1) is 0 Å². The first-order valence-electron chi connectivity index (χ1n) is 4.55. The topological polar surface area (TPSA) is 64.9 Å². The number of aromatic nitrogens is 2. The van der Waals surface area contributed by atoms with Crippen LogP contribution in [-0.4, -0.2) is 9.97 Å². The van der Waals surface area contributed by atoms with E-state index in [0.717, 1.165) is 17.0 Å². The molecule has 0 saturated heterocycles. The number of oxazole rings is 1. The van der Waals surface area contributed by atoms with Crippen LogP contribution in [0.25, 0.3) is 0 Å². The highest BCUT2D eigenvalue weighted by atomic mass is 32.2. The summed E-state index contributed by atoms with van der Waals surface area (Å²) in [6.07, 6.45) is 4.95. The van der Waals surface area contributed by atoms with Gasteiger partial charge in [-0.1, -0.05) is 17.8 Å². The Bertz CT molecular complexity index is 416. The van der Waals surface area contributed by atoms with Crippen molar-refractivity contribution in [1.82, 2.24) is 9.97 Å². The van der Waals surface area contributed by atoms with Gasteiger partial charge >= 0.3 is 0 Å². The smallest absolute Gasteiger partial charge is 0.255 e. The fourth-order valence-corrected chi connectivity index (χ4v) is 2.01. The Hall–Kier alpha value is -1.33. The number of hydrogen-bond acceptors (Lipinski definition) is 5. The Morgan fingerprint density at radius 2 is 2.27 bits per heavy atom. The predicted molar refractivity (Wildman–Crippen MR) is 58.2 cm³/mol. The van der Waals surface area contributed by atoms with Crippen molar-refractivity contribution in [2.45, 2.75) is 17.5 Å². The van der Waals surface area contributed by atoms with E-state index in [0.29, 0.717) is 11.8 Å². The molecule has 0 spiro atoms. The molecule has 0 atom stereocenters. The van der Waals surface area contributed by atoms with Crippen LogP contribution in [0, 0.1) is 0 Å². The van der Waals surface area contributed by atoms with E-state index in [1.807, 2.05) is 12.1 Å². The highest BCUT2D eigenvalue weighted by Gasteiger charge is 2.04. The summed E-state index contributed by atoms with van der Waals surface area (Å²) < 4.78 is 5.13. The zero-order valence-electron chi connectivity index (χ0n) is 8.09. The lowest BCUT2D eigenvalue weighted by atomic mass is 10.2. The minimum atomic E-state index is 0.461. The third-order valence-corrected chi connectivity index (χ3v) is 2.84. The van der Waals surface area contributed by atoms with Crippen LogP contribution >= 0.6 is 11.8 Å². The van der Waals surface area contributed by atoms with Crippen molar-refractivity contribution in [3.05, 3.63) is 42.0 Å². The van der Waals surface area contributed by atoms with Crippen LogP contribution in [0.15, 0.2) is 40.4 Å². The van der Waals surface area contributed by atoms with Gasteiger partial charge in [0.1, 0.15) is 6.26 Å². The highest BCUT2D eigenvalue weighted by molar-refractivity contribution is 7.98. The lowest BCUT2D eigenvalue weighted by molar-refractivity contribution is 0.454. The Balaban J connectivity index is 2.04. The summed E-state index contributed by atoms with van der Waals surface area (Å²) in [5.74, 6) is 0.779. The van der Waals surface area contributed by atoms with Crippen molar-refractivity contribution < 1.29 is 4.42 Å². The second kappa shape index (κ2) is 4.95. The summed E-state index contributed by atoms with van der Waals surface area (Å²) in [7, 11) is 0. The van der Waals surface area contributed by atoms with E-state index in [-0.39, 0.29) is 0 Å². The summed E-state index contributed by atoms with van der Waals surface area (Å²) in [6.45, 7) is 0.461. The molecule has 0 unspecified atom stereocenters. The van der Waals surface area contributed by atoms with Gasteiger partial charge in [-0.2, -0.15) is 0 Å². The number of hydrogen-bond donors (Lipinski definition) is 1. The molecule has 78 valence electrons. The van der Waals surface area contributed by atoms with Gasteiger partial charge in [-0.3, -0.25) is 4.98 Å². The number of rotatable bonds is 4. The molecule has 4 nitrogen and oxygen atoms in total. The third-order valence-electron chi connectivity index (χ3n) is 1.94. The molecule has 0 amide bonds. The average Bonchev–Trinajstić information content (AvgIpc) is 2.79. The molecule has 0 radical (unpaired) electrons. The molecule has 2 rings (SSSR count). The van der Waals surface area contributed by atoms with Crippen molar-refractivity contribution in [3.63, 3.8) is 0 Å². The van der Waals surface area contributed by atoms with E-state index in [4.69, 9.17) is 10.2 Å². The molecule has 2 N–H and O–H groups in total. The van der Waals surface area contributed by atoms with Crippen molar-refractivity contribution >= 4 is 11.8 Å². The largest absolute Gasteiger partial charge is 0.440 e. The van der Waals surface area contributed by atoms with Crippen LogP contribution in [0.5, 0.6) is 0 Å². The zero-order chi connectivity index (χ0) is 10.5. The van der Waals surface area contributed by atoms with Crippen molar-refractivity contribution in [1.29, 1.82) is 0 Å². The number of thioether (sulfide) groups is 1. The normalized spacial score (nSPS) is 10.5. The monoisotopic (exact) mass is 221 g/mol. The zero-order valence-corrected chi connectivity index (χ0v) is 8.91. The average molecular weight is 221 g/mol. The molecular formula is C10H11N3OS. The molecule has 0 bridgehead atoms. The second-order valence-electron chi connectivity index (χ2n) is 2.90. The fraction of sp³-hybridized carbons (Fsp3) is 0.200. The highest BCUT2D eigenvalue weighted by Crippen LogP contribution is 2.21. The van der Waals surface area contributed by atoms with Gasteiger partial charge in [0.2, 0.25) is 0 Å². The number of nitrogens with two attached hydrogens (primary N) is 1. The van der Waals surface area contributed by atoms with E-state index in [1.54, 1.807) is 18.7 Å².